The van der Waals surface area contributed by atoms with E-state index in [1.54, 1.807) is 12.3 Å². The third-order valence-electron chi connectivity index (χ3n) is 6.59. The van der Waals surface area contributed by atoms with Crippen LogP contribution < -0.4 is 5.73 Å². The van der Waals surface area contributed by atoms with Crippen molar-refractivity contribution >= 4 is 15.6 Å². The molecule has 3 aromatic rings. The molecule has 0 spiro atoms. The summed E-state index contributed by atoms with van der Waals surface area (Å²) >= 11 is 0. The fraction of sp³-hybridized carbons (Fsp3) is 0.370. The van der Waals surface area contributed by atoms with Gasteiger partial charge in [-0.3, -0.25) is 9.78 Å². The summed E-state index contributed by atoms with van der Waals surface area (Å²) in [6.07, 6.45) is 4.67. The zero-order valence-corrected chi connectivity index (χ0v) is 21.9. The second-order valence-corrected chi connectivity index (χ2v) is 11.9. The van der Waals surface area contributed by atoms with Crippen molar-refractivity contribution in [1.29, 1.82) is 0 Å². The van der Waals surface area contributed by atoms with E-state index in [4.69, 9.17) is 10.5 Å². The lowest BCUT2D eigenvalue weighted by molar-refractivity contribution is -0.0793. The number of sulfone groups is 1. The molecule has 0 saturated carbocycles. The first-order chi connectivity index (χ1) is 17.8. The fourth-order valence-corrected chi connectivity index (χ4v) is 5.18. The highest BCUT2D eigenvalue weighted by Gasteiger charge is 2.32. The topological polar surface area (TPSA) is 112 Å². The number of nitrogens with zero attached hydrogens (tertiary/aromatic N) is 2. The Morgan fingerprint density at radius 1 is 1.11 bits per heavy atom. The molecule has 0 amide bonds. The van der Waals surface area contributed by atoms with Crippen molar-refractivity contribution in [2.24, 2.45) is 11.7 Å². The molecule has 202 valence electrons. The van der Waals surface area contributed by atoms with E-state index in [-0.39, 0.29) is 36.3 Å². The number of hydrogen-bond donors (Lipinski definition) is 1. The van der Waals surface area contributed by atoms with Gasteiger partial charge in [0.15, 0.2) is 15.6 Å². The van der Waals surface area contributed by atoms with Crippen LogP contribution in [0.5, 0.6) is 0 Å². The van der Waals surface area contributed by atoms with Crippen LogP contribution in [-0.4, -0.2) is 42.6 Å². The Labute approximate surface area is 219 Å². The zero-order chi connectivity index (χ0) is 27.8. The van der Waals surface area contributed by atoms with E-state index in [1.807, 2.05) is 0 Å². The highest BCUT2D eigenvalue weighted by Crippen LogP contribution is 2.35. The number of benzene rings is 1. The Morgan fingerprint density at radius 3 is 2.42 bits per heavy atom. The lowest BCUT2D eigenvalue weighted by atomic mass is 9.88. The Hall–Kier alpha value is -3.15. The van der Waals surface area contributed by atoms with Crippen LogP contribution in [0, 0.1) is 23.4 Å². The third kappa shape index (κ3) is 5.95. The Kier molecular flexibility index (Phi) is 8.01. The number of ketones is 1. The van der Waals surface area contributed by atoms with E-state index in [2.05, 4.69) is 23.8 Å². The molecule has 1 aliphatic rings. The van der Waals surface area contributed by atoms with Gasteiger partial charge in [-0.2, -0.15) is 0 Å². The van der Waals surface area contributed by atoms with Gasteiger partial charge in [0.2, 0.25) is 0 Å². The molecule has 1 aliphatic heterocycles. The molecular formula is C27H28F3N3O4S. The Bertz CT molecular complexity index is 1460. The van der Waals surface area contributed by atoms with Crippen LogP contribution in [0.1, 0.15) is 54.4 Å². The lowest BCUT2D eigenvalue weighted by Crippen LogP contribution is -2.39. The van der Waals surface area contributed by atoms with Crippen LogP contribution in [-0.2, 0) is 21.0 Å². The van der Waals surface area contributed by atoms with Gasteiger partial charge in [-0.15, -0.1) is 0 Å². The number of hydrogen-bond acceptors (Lipinski definition) is 7. The van der Waals surface area contributed by atoms with E-state index in [9.17, 15) is 26.4 Å². The first kappa shape index (κ1) is 27.9. The van der Waals surface area contributed by atoms with Gasteiger partial charge in [0.1, 0.15) is 28.8 Å². The molecule has 11 heteroatoms. The molecule has 0 aliphatic carbocycles. The minimum atomic E-state index is -3.91. The van der Waals surface area contributed by atoms with Crippen molar-refractivity contribution in [1.82, 2.24) is 9.97 Å². The predicted octanol–water partition coefficient (Wildman–Crippen LogP) is 4.59. The summed E-state index contributed by atoms with van der Waals surface area (Å²) in [5.41, 5.74) is 5.78. The molecule has 7 nitrogen and oxygen atoms in total. The smallest absolute Gasteiger partial charge is 0.185 e. The standard InChI is InChI=1S/C27H28F3N3O4S/c1-14(2)24-9-16(31)10-25(37-24)18-6-7-32-13-15(18)8-23(34)22-5-4-19(28)27(33-22)26-20(29)11-17(12-21(26)30)38(3,35)36/h4-7,11-14,16,24-25H,8-10,31H2,1-3H3/t16-,24-,25+/m0/s1. The largest absolute Gasteiger partial charge is 0.370 e. The van der Waals surface area contributed by atoms with Crippen molar-refractivity contribution < 1.29 is 31.1 Å². The zero-order valence-electron chi connectivity index (χ0n) is 21.1. The number of nitrogens with two attached hydrogens (primary N) is 1. The maximum absolute atomic E-state index is 14.7. The van der Waals surface area contributed by atoms with Crippen LogP contribution in [0.4, 0.5) is 13.2 Å². The number of carbonyl (C=O) groups is 1. The minimum Gasteiger partial charge on any atom is -0.370 e. The first-order valence-corrected chi connectivity index (χ1v) is 14.0. The number of halogens is 3. The second kappa shape index (κ2) is 10.9. The average molecular weight is 548 g/mol. The number of Topliss-reactive ketones (excluding diaryl/α,β-unsaturated/α-hetero) is 1. The maximum atomic E-state index is 14.7. The van der Waals surface area contributed by atoms with Gasteiger partial charge < -0.3 is 10.5 Å². The van der Waals surface area contributed by atoms with E-state index < -0.39 is 49.2 Å². The molecule has 0 radical (unpaired) electrons. The summed E-state index contributed by atoms with van der Waals surface area (Å²) in [4.78, 5) is 20.6. The van der Waals surface area contributed by atoms with Crippen LogP contribution >= 0.6 is 0 Å². The highest BCUT2D eigenvalue weighted by atomic mass is 32.2. The highest BCUT2D eigenvalue weighted by molar-refractivity contribution is 7.90. The van der Waals surface area contributed by atoms with Gasteiger partial charge in [-0.25, -0.2) is 26.6 Å². The lowest BCUT2D eigenvalue weighted by Gasteiger charge is -2.36. The van der Waals surface area contributed by atoms with E-state index in [0.29, 0.717) is 24.1 Å². The Morgan fingerprint density at radius 2 is 1.79 bits per heavy atom. The number of carbonyl (C=O) groups excluding carboxylic acids is 1. The second-order valence-electron chi connectivity index (χ2n) is 9.87. The van der Waals surface area contributed by atoms with Crippen molar-refractivity contribution in [3.8, 4) is 11.3 Å². The van der Waals surface area contributed by atoms with Crippen LogP contribution in [0.2, 0.25) is 0 Å². The van der Waals surface area contributed by atoms with Gasteiger partial charge in [0.25, 0.3) is 0 Å². The summed E-state index contributed by atoms with van der Waals surface area (Å²) in [6.45, 7) is 4.10. The van der Waals surface area contributed by atoms with Crippen molar-refractivity contribution in [2.75, 3.05) is 6.26 Å². The first-order valence-electron chi connectivity index (χ1n) is 12.1. The van der Waals surface area contributed by atoms with Gasteiger partial charge in [-0.1, -0.05) is 13.8 Å². The summed E-state index contributed by atoms with van der Waals surface area (Å²) < 4.78 is 73.8. The SMILES string of the molecule is CC(C)[C@@H]1C[C@H](N)C[C@H](c2ccncc2CC(=O)c2ccc(F)c(-c3c(F)cc(S(C)(=O)=O)cc3F)n2)O1. The number of pyridine rings is 2. The molecule has 1 aromatic carbocycles. The monoisotopic (exact) mass is 547 g/mol. The van der Waals surface area contributed by atoms with Gasteiger partial charge >= 0.3 is 0 Å². The van der Waals surface area contributed by atoms with E-state index in [1.165, 1.54) is 6.20 Å². The summed E-state index contributed by atoms with van der Waals surface area (Å²) in [5, 5.41) is 0. The van der Waals surface area contributed by atoms with Crippen LogP contribution in [0.15, 0.2) is 47.6 Å². The molecular weight excluding hydrogens is 519 g/mol. The molecule has 1 fully saturated rings. The van der Waals surface area contributed by atoms with Crippen molar-refractivity contribution in [3.05, 3.63) is 77.0 Å². The van der Waals surface area contributed by atoms with Crippen LogP contribution in [0.25, 0.3) is 11.3 Å². The fourth-order valence-electron chi connectivity index (χ4n) is 4.55. The van der Waals surface area contributed by atoms with Gasteiger partial charge in [0, 0.05) is 31.1 Å². The molecule has 2 aromatic heterocycles. The quantitative estimate of drug-likeness (QED) is 0.431. The molecule has 0 unspecified atom stereocenters. The number of rotatable bonds is 7. The van der Waals surface area contributed by atoms with Gasteiger partial charge in [-0.05, 0) is 60.2 Å². The Balaban J connectivity index is 1.65. The maximum Gasteiger partial charge on any atom is 0.185 e. The molecule has 0 bridgehead atoms. The van der Waals surface area contributed by atoms with Crippen molar-refractivity contribution in [3.63, 3.8) is 0 Å². The van der Waals surface area contributed by atoms with Crippen molar-refractivity contribution in [2.45, 2.75) is 56.3 Å². The average Bonchev–Trinajstić information content (AvgIpc) is 2.84. The van der Waals surface area contributed by atoms with Gasteiger partial charge in [0.05, 0.1) is 22.7 Å². The summed E-state index contributed by atoms with van der Waals surface area (Å²) in [6, 6.07) is 4.88. The molecule has 4 rings (SSSR count). The summed E-state index contributed by atoms with van der Waals surface area (Å²) in [5.74, 6) is -3.99. The normalized spacial score (nSPS) is 20.1. The van der Waals surface area contributed by atoms with E-state index >= 15 is 0 Å². The molecule has 38 heavy (non-hydrogen) atoms. The molecule has 1 saturated heterocycles. The molecule has 3 atom stereocenters. The number of ether oxygens (including phenoxy) is 1. The van der Waals surface area contributed by atoms with E-state index in [0.717, 1.165) is 30.4 Å². The number of aromatic nitrogens is 2. The third-order valence-corrected chi connectivity index (χ3v) is 7.68. The molecule has 2 N–H and O–H groups in total. The molecule has 3 heterocycles. The minimum absolute atomic E-state index is 0.0410. The van der Waals surface area contributed by atoms with Crippen LogP contribution in [0.3, 0.4) is 0 Å². The predicted molar refractivity (Wildman–Crippen MR) is 135 cm³/mol. The summed E-state index contributed by atoms with van der Waals surface area (Å²) in [7, 11) is -3.91.